The van der Waals surface area contributed by atoms with Gasteiger partial charge in [-0.25, -0.2) is 0 Å². The van der Waals surface area contributed by atoms with Crippen molar-refractivity contribution in [1.29, 1.82) is 0 Å². The normalized spacial score (nSPS) is 23.2. The molecule has 1 aromatic heterocycles. The Kier molecular flexibility index (Phi) is 2.06. The van der Waals surface area contributed by atoms with E-state index in [9.17, 15) is 9.59 Å². The Morgan fingerprint density at radius 1 is 1.35 bits per heavy atom. The fourth-order valence-electron chi connectivity index (χ4n) is 2.10. The summed E-state index contributed by atoms with van der Waals surface area (Å²) in [6.45, 7) is -10.5. The van der Waals surface area contributed by atoms with E-state index in [0.717, 1.165) is 16.9 Å². The van der Waals surface area contributed by atoms with Gasteiger partial charge in [0.1, 0.15) is 13.2 Å². The first-order valence-corrected chi connectivity index (χ1v) is 6.66. The van der Waals surface area contributed by atoms with Crippen molar-refractivity contribution in [3.05, 3.63) is 64.1 Å². The maximum atomic E-state index is 13.3. The van der Waals surface area contributed by atoms with Crippen LogP contribution in [0, 0.1) is 0 Å². The van der Waals surface area contributed by atoms with E-state index in [4.69, 9.17) is 17.1 Å². The highest BCUT2D eigenvalue weighted by molar-refractivity contribution is 5.96. The number of hydrogen-bond acceptors (Lipinski definition) is 4. The lowest BCUT2D eigenvalue weighted by molar-refractivity contribution is 0.0668. The van der Waals surface area contributed by atoms with Crippen molar-refractivity contribution in [2.45, 2.75) is 26.3 Å². The molecule has 120 valence electrons. The summed E-state index contributed by atoms with van der Waals surface area (Å²) >= 11 is 0. The Bertz CT molecular complexity index is 1070. The van der Waals surface area contributed by atoms with Gasteiger partial charge in [-0.2, -0.15) is 0 Å². The predicted molar refractivity (Wildman–Crippen MR) is 87.0 cm³/mol. The first-order chi connectivity index (χ1) is 14.6. The summed E-state index contributed by atoms with van der Waals surface area (Å²) in [5.74, 6) is -2.05. The molecule has 0 saturated heterocycles. The van der Waals surface area contributed by atoms with Crippen LogP contribution in [0.1, 0.15) is 42.1 Å². The minimum Gasteiger partial charge on any atom is -0.482 e. The van der Waals surface area contributed by atoms with Crippen LogP contribution < -0.4 is 15.6 Å². The molecule has 1 aromatic carbocycles. The minimum absolute atomic E-state index is 0.155. The van der Waals surface area contributed by atoms with Gasteiger partial charge in [0.05, 0.1) is 4.11 Å². The first kappa shape index (κ1) is 7.68. The van der Waals surface area contributed by atoms with Gasteiger partial charge in [-0.1, -0.05) is 30.3 Å². The number of pyridine rings is 1. The number of aromatic nitrogens is 1. The second kappa shape index (κ2) is 6.16. The second-order valence-corrected chi connectivity index (χ2v) is 4.71. The maximum absolute atomic E-state index is 13.3. The molecule has 3 rings (SSSR count). The van der Waals surface area contributed by atoms with Crippen molar-refractivity contribution in [2.24, 2.45) is 0 Å². The van der Waals surface area contributed by atoms with Gasteiger partial charge in [-0.05, 0) is 19.3 Å². The van der Waals surface area contributed by atoms with Gasteiger partial charge >= 0.3 is 0 Å². The number of carbonyl (C=O) groups excluding carboxylic acids is 1. The van der Waals surface area contributed by atoms with E-state index in [1.165, 1.54) is 0 Å². The topological polar surface area (TPSA) is 63.6 Å². The zero-order valence-electron chi connectivity index (χ0n) is 20.9. The molecule has 0 radical (unpaired) electrons. The van der Waals surface area contributed by atoms with Crippen molar-refractivity contribution in [2.75, 3.05) is 12.0 Å². The van der Waals surface area contributed by atoms with Crippen molar-refractivity contribution >= 4 is 5.91 Å². The molecule has 0 bridgehead atoms. The third-order valence-corrected chi connectivity index (χ3v) is 3.19. The number of hydrogen-bond donors (Lipinski definition) is 1. The van der Waals surface area contributed by atoms with Gasteiger partial charge in [0.15, 0.2) is 11.4 Å². The largest absolute Gasteiger partial charge is 0.482 e. The standard InChI is InChI=1S/C17H19N3O3/c1-12(2)19-11-18-20-9-8-14(21)16(15(20)17(19)22)23-10-13-6-4-3-5-7-13/h3-9,12,18H,10-11H2,1-2H3/i1D3,2D3,11D2,12D. The van der Waals surface area contributed by atoms with Gasteiger partial charge in [0.25, 0.3) is 5.91 Å². The van der Waals surface area contributed by atoms with E-state index in [0.29, 0.717) is 5.56 Å². The first-order valence-electron chi connectivity index (χ1n) is 11.2. The summed E-state index contributed by atoms with van der Waals surface area (Å²) in [5.41, 5.74) is 1.38. The van der Waals surface area contributed by atoms with Crippen molar-refractivity contribution in [1.82, 2.24) is 9.58 Å². The Morgan fingerprint density at radius 2 is 2.13 bits per heavy atom. The zero-order valence-corrected chi connectivity index (χ0v) is 11.9. The molecule has 0 aliphatic carbocycles. The van der Waals surface area contributed by atoms with Crippen LogP contribution in [0.3, 0.4) is 0 Å². The number of amides is 1. The summed E-state index contributed by atoms with van der Waals surface area (Å²) in [7, 11) is 0. The van der Waals surface area contributed by atoms with Crippen LogP contribution in [-0.2, 0) is 6.61 Å². The Hall–Kier alpha value is -2.76. The van der Waals surface area contributed by atoms with Crippen LogP contribution in [0.5, 0.6) is 5.75 Å². The Labute approximate surface area is 146 Å². The average Bonchev–Trinajstić information content (AvgIpc) is 2.66. The Morgan fingerprint density at radius 3 is 2.87 bits per heavy atom. The van der Waals surface area contributed by atoms with Crippen molar-refractivity contribution < 1.29 is 21.9 Å². The third kappa shape index (κ3) is 2.92. The number of benzene rings is 1. The molecule has 1 amide bonds. The third-order valence-electron chi connectivity index (χ3n) is 3.19. The van der Waals surface area contributed by atoms with Crippen LogP contribution in [-0.4, -0.2) is 28.1 Å². The number of carbonyl (C=O) groups is 1. The van der Waals surface area contributed by atoms with Crippen molar-refractivity contribution in [3.8, 4) is 5.75 Å². The monoisotopic (exact) mass is 322 g/mol. The number of fused-ring (bicyclic) bond motifs is 1. The Balaban J connectivity index is 2.17. The number of rotatable bonds is 4. The molecule has 6 heteroatoms. The van der Waals surface area contributed by atoms with E-state index in [1.54, 1.807) is 30.3 Å². The molecule has 0 saturated carbocycles. The predicted octanol–water partition coefficient (Wildman–Crippen LogP) is 1.79. The molecule has 2 aromatic rings. The lowest BCUT2D eigenvalue weighted by atomic mass is 10.2. The fourth-order valence-corrected chi connectivity index (χ4v) is 2.10. The van der Waals surface area contributed by atoms with Gasteiger partial charge in [-0.15, -0.1) is 0 Å². The number of nitrogens with one attached hydrogen (secondary N) is 1. The summed E-state index contributed by atoms with van der Waals surface area (Å²) in [5, 5.41) is 0. The summed E-state index contributed by atoms with van der Waals surface area (Å²) < 4.78 is 76.5. The molecule has 2 heterocycles. The van der Waals surface area contributed by atoms with Gasteiger partial charge in [-0.3, -0.25) is 14.3 Å². The van der Waals surface area contributed by atoms with Gasteiger partial charge in [0, 0.05) is 26.5 Å². The summed E-state index contributed by atoms with van der Waals surface area (Å²) in [4.78, 5) is 25.6. The molecule has 0 atom stereocenters. The van der Waals surface area contributed by atoms with Crippen molar-refractivity contribution in [3.63, 3.8) is 0 Å². The van der Waals surface area contributed by atoms with Crippen LogP contribution >= 0.6 is 0 Å². The smallest absolute Gasteiger partial charge is 0.278 e. The van der Waals surface area contributed by atoms with E-state index >= 15 is 0 Å². The molecule has 0 spiro atoms. The average molecular weight is 322 g/mol. The van der Waals surface area contributed by atoms with E-state index < -0.39 is 49.1 Å². The zero-order chi connectivity index (χ0) is 24.1. The molecule has 0 unspecified atom stereocenters. The van der Waals surface area contributed by atoms with Gasteiger partial charge < -0.3 is 15.1 Å². The molecule has 0 fully saturated rings. The molecule has 6 nitrogen and oxygen atoms in total. The second-order valence-electron chi connectivity index (χ2n) is 4.71. The maximum Gasteiger partial charge on any atom is 0.278 e. The molecule has 1 N–H and O–H groups in total. The lowest BCUT2D eigenvalue weighted by Crippen LogP contribution is -2.49. The number of ether oxygens (including phenoxy) is 1. The minimum atomic E-state index is -3.68. The van der Waals surface area contributed by atoms with Crippen LogP contribution in [0.25, 0.3) is 0 Å². The quantitative estimate of drug-likeness (QED) is 0.932. The van der Waals surface area contributed by atoms with E-state index in [-0.39, 0.29) is 11.5 Å². The van der Waals surface area contributed by atoms with Crippen LogP contribution in [0.2, 0.25) is 0 Å². The fraction of sp³-hybridized carbons (Fsp3) is 0.294. The molecule has 1 aliphatic heterocycles. The van der Waals surface area contributed by atoms with Gasteiger partial charge in [0.2, 0.25) is 5.43 Å². The molecular formula is C17H19N3O3. The van der Waals surface area contributed by atoms with Crippen LogP contribution in [0.15, 0.2) is 47.4 Å². The molecule has 23 heavy (non-hydrogen) atoms. The SMILES string of the molecule is [2H]C1([2H])Nn2ccc(=O)c(OCc3ccccc3)c2C(=O)N1C([2H])(C([2H])([2H])[2H])C([2H])([2H])[2H]. The van der Waals surface area contributed by atoms with E-state index in [1.807, 2.05) is 0 Å². The number of nitrogens with zero attached hydrogens (tertiary/aromatic N) is 2. The highest BCUT2D eigenvalue weighted by Gasteiger charge is 2.30. The molecular weight excluding hydrogens is 294 g/mol. The highest BCUT2D eigenvalue weighted by atomic mass is 16.5. The highest BCUT2D eigenvalue weighted by Crippen LogP contribution is 2.20. The lowest BCUT2D eigenvalue weighted by Gasteiger charge is -2.34. The summed E-state index contributed by atoms with van der Waals surface area (Å²) in [6.07, 6.45) is 1.02. The van der Waals surface area contributed by atoms with E-state index in [2.05, 4.69) is 5.43 Å². The summed E-state index contributed by atoms with van der Waals surface area (Å²) in [6, 6.07) is 5.89. The molecule has 1 aliphatic rings. The van der Waals surface area contributed by atoms with Crippen LogP contribution in [0.4, 0.5) is 0 Å².